The molecule has 0 fully saturated rings. The SMILES string of the molecule is Cc1c[c]c(-c2ccnc(N)c2)c(C)c1. The van der Waals surface area contributed by atoms with E-state index in [1.807, 2.05) is 18.2 Å². The van der Waals surface area contributed by atoms with Gasteiger partial charge < -0.3 is 5.73 Å². The molecule has 0 aliphatic carbocycles. The van der Waals surface area contributed by atoms with Crippen LogP contribution in [-0.4, -0.2) is 4.98 Å². The minimum Gasteiger partial charge on any atom is -0.384 e. The fourth-order valence-corrected chi connectivity index (χ4v) is 1.67. The lowest BCUT2D eigenvalue weighted by molar-refractivity contribution is 1.32. The highest BCUT2D eigenvalue weighted by molar-refractivity contribution is 5.68. The molecule has 0 atom stereocenters. The maximum atomic E-state index is 5.65. The van der Waals surface area contributed by atoms with Gasteiger partial charge in [0.15, 0.2) is 0 Å². The molecule has 0 aliphatic heterocycles. The van der Waals surface area contributed by atoms with Gasteiger partial charge in [-0.2, -0.15) is 0 Å². The summed E-state index contributed by atoms with van der Waals surface area (Å²) < 4.78 is 0. The van der Waals surface area contributed by atoms with E-state index in [9.17, 15) is 0 Å². The summed E-state index contributed by atoms with van der Waals surface area (Å²) in [6, 6.07) is 11.2. The van der Waals surface area contributed by atoms with Crippen molar-refractivity contribution < 1.29 is 0 Å². The summed E-state index contributed by atoms with van der Waals surface area (Å²) in [6.45, 7) is 4.14. The Bertz CT molecular complexity index is 490. The zero-order chi connectivity index (χ0) is 10.8. The monoisotopic (exact) mass is 197 g/mol. The number of hydrogen-bond acceptors (Lipinski definition) is 2. The fourth-order valence-electron chi connectivity index (χ4n) is 1.67. The van der Waals surface area contributed by atoms with Gasteiger partial charge in [0.2, 0.25) is 0 Å². The van der Waals surface area contributed by atoms with Crippen molar-refractivity contribution in [3.63, 3.8) is 0 Å². The second-order valence-corrected chi connectivity index (χ2v) is 3.70. The third-order valence-electron chi connectivity index (χ3n) is 2.35. The van der Waals surface area contributed by atoms with Crippen molar-refractivity contribution in [2.45, 2.75) is 13.8 Å². The van der Waals surface area contributed by atoms with Crippen LogP contribution in [0.5, 0.6) is 0 Å². The van der Waals surface area contributed by atoms with E-state index in [-0.39, 0.29) is 0 Å². The Balaban J connectivity index is 2.54. The van der Waals surface area contributed by atoms with Gasteiger partial charge in [0.1, 0.15) is 5.82 Å². The third kappa shape index (κ3) is 1.99. The van der Waals surface area contributed by atoms with Crippen molar-refractivity contribution in [1.29, 1.82) is 0 Å². The lowest BCUT2D eigenvalue weighted by atomic mass is 10.00. The van der Waals surface area contributed by atoms with Crippen molar-refractivity contribution in [2.24, 2.45) is 0 Å². The molecule has 0 saturated carbocycles. The first-order valence-corrected chi connectivity index (χ1v) is 4.87. The summed E-state index contributed by atoms with van der Waals surface area (Å²) in [5, 5.41) is 0. The summed E-state index contributed by atoms with van der Waals surface area (Å²) in [5.41, 5.74) is 10.2. The van der Waals surface area contributed by atoms with E-state index < -0.39 is 0 Å². The second kappa shape index (κ2) is 3.73. The molecular weight excluding hydrogens is 184 g/mol. The molecule has 1 radical (unpaired) electrons. The van der Waals surface area contributed by atoms with Crippen LogP contribution in [0.3, 0.4) is 0 Å². The van der Waals surface area contributed by atoms with E-state index in [2.05, 4.69) is 31.0 Å². The Morgan fingerprint density at radius 2 is 2.07 bits per heavy atom. The molecule has 2 nitrogen and oxygen atoms in total. The standard InChI is InChI=1S/C13H13N2/c1-9-3-4-12(10(2)7-9)11-5-6-15-13(14)8-11/h3,5-8H,1-2H3,(H2,14,15). The Morgan fingerprint density at radius 1 is 1.27 bits per heavy atom. The number of nitrogen functional groups attached to an aromatic ring is 1. The zero-order valence-electron chi connectivity index (χ0n) is 8.91. The molecular formula is C13H13N2. The van der Waals surface area contributed by atoms with Crippen LogP contribution in [0.25, 0.3) is 11.1 Å². The molecule has 0 saturated heterocycles. The molecule has 15 heavy (non-hydrogen) atoms. The van der Waals surface area contributed by atoms with E-state index in [0.717, 1.165) is 11.1 Å². The molecule has 2 N–H and O–H groups in total. The Hall–Kier alpha value is -1.83. The number of nitrogens with zero attached hydrogens (tertiary/aromatic N) is 1. The fraction of sp³-hybridized carbons (Fsp3) is 0.154. The number of rotatable bonds is 1. The third-order valence-corrected chi connectivity index (χ3v) is 2.35. The smallest absolute Gasteiger partial charge is 0.123 e. The number of aromatic nitrogens is 1. The van der Waals surface area contributed by atoms with Crippen LogP contribution < -0.4 is 5.73 Å². The van der Waals surface area contributed by atoms with Crippen molar-refractivity contribution in [1.82, 2.24) is 4.98 Å². The highest BCUT2D eigenvalue weighted by Gasteiger charge is 2.02. The van der Waals surface area contributed by atoms with Gasteiger partial charge in [-0.15, -0.1) is 0 Å². The van der Waals surface area contributed by atoms with Gasteiger partial charge in [-0.1, -0.05) is 17.7 Å². The minimum atomic E-state index is 0.542. The first-order valence-electron chi connectivity index (χ1n) is 4.87. The number of pyridine rings is 1. The number of hydrogen-bond donors (Lipinski definition) is 1. The lowest BCUT2D eigenvalue weighted by Crippen LogP contribution is -1.91. The molecule has 2 rings (SSSR count). The molecule has 1 aromatic carbocycles. The van der Waals surface area contributed by atoms with Gasteiger partial charge in [-0.25, -0.2) is 4.98 Å². The highest BCUT2D eigenvalue weighted by Crippen LogP contribution is 2.24. The minimum absolute atomic E-state index is 0.542. The summed E-state index contributed by atoms with van der Waals surface area (Å²) in [4.78, 5) is 3.98. The van der Waals surface area contributed by atoms with E-state index >= 15 is 0 Å². The first kappa shape index (κ1) is 9.71. The van der Waals surface area contributed by atoms with E-state index in [0.29, 0.717) is 5.82 Å². The van der Waals surface area contributed by atoms with Crippen LogP contribution in [0.2, 0.25) is 0 Å². The summed E-state index contributed by atoms with van der Waals surface area (Å²) in [7, 11) is 0. The zero-order valence-corrected chi connectivity index (χ0v) is 8.91. The van der Waals surface area contributed by atoms with E-state index in [1.165, 1.54) is 11.1 Å². The van der Waals surface area contributed by atoms with Gasteiger partial charge in [0.05, 0.1) is 0 Å². The molecule has 0 bridgehead atoms. The molecule has 0 spiro atoms. The quantitative estimate of drug-likeness (QED) is 0.763. The Labute approximate surface area is 89.8 Å². The summed E-state index contributed by atoms with van der Waals surface area (Å²) >= 11 is 0. The van der Waals surface area contributed by atoms with Gasteiger partial charge in [-0.05, 0) is 48.7 Å². The number of nitrogens with two attached hydrogens (primary N) is 1. The van der Waals surface area contributed by atoms with Crippen LogP contribution in [-0.2, 0) is 0 Å². The van der Waals surface area contributed by atoms with Crippen LogP contribution in [0, 0.1) is 19.9 Å². The maximum Gasteiger partial charge on any atom is 0.123 e. The average molecular weight is 197 g/mol. The van der Waals surface area contributed by atoms with Crippen molar-refractivity contribution in [2.75, 3.05) is 5.73 Å². The molecule has 2 aromatic rings. The summed E-state index contributed by atoms with van der Waals surface area (Å²) in [6.07, 6.45) is 1.72. The maximum absolute atomic E-state index is 5.65. The number of aryl methyl sites for hydroxylation is 2. The number of anilines is 1. The normalized spacial score (nSPS) is 10.3. The summed E-state index contributed by atoms with van der Waals surface area (Å²) in [5.74, 6) is 0.542. The Kier molecular flexibility index (Phi) is 2.42. The molecule has 1 heterocycles. The largest absolute Gasteiger partial charge is 0.384 e. The highest BCUT2D eigenvalue weighted by atomic mass is 14.8. The van der Waals surface area contributed by atoms with Crippen molar-refractivity contribution in [3.8, 4) is 11.1 Å². The molecule has 1 aromatic heterocycles. The van der Waals surface area contributed by atoms with Crippen molar-refractivity contribution in [3.05, 3.63) is 47.7 Å². The first-order chi connectivity index (χ1) is 7.16. The second-order valence-electron chi connectivity index (χ2n) is 3.70. The Morgan fingerprint density at radius 3 is 2.73 bits per heavy atom. The van der Waals surface area contributed by atoms with Gasteiger partial charge in [0.25, 0.3) is 0 Å². The topological polar surface area (TPSA) is 38.9 Å². The molecule has 75 valence electrons. The van der Waals surface area contributed by atoms with Crippen LogP contribution in [0.4, 0.5) is 5.82 Å². The predicted molar refractivity (Wildman–Crippen MR) is 62.4 cm³/mol. The van der Waals surface area contributed by atoms with Gasteiger partial charge >= 0.3 is 0 Å². The molecule has 0 amide bonds. The predicted octanol–water partition coefficient (Wildman–Crippen LogP) is 2.75. The van der Waals surface area contributed by atoms with Crippen LogP contribution >= 0.6 is 0 Å². The van der Waals surface area contributed by atoms with E-state index in [4.69, 9.17) is 5.73 Å². The molecule has 0 unspecified atom stereocenters. The lowest BCUT2D eigenvalue weighted by Gasteiger charge is -2.06. The van der Waals surface area contributed by atoms with Gasteiger partial charge in [-0.3, -0.25) is 0 Å². The van der Waals surface area contributed by atoms with E-state index in [1.54, 1.807) is 6.20 Å². The number of benzene rings is 1. The molecule has 0 aliphatic rings. The van der Waals surface area contributed by atoms with Gasteiger partial charge in [0, 0.05) is 6.20 Å². The van der Waals surface area contributed by atoms with Crippen LogP contribution in [0.1, 0.15) is 11.1 Å². The average Bonchev–Trinajstić information content (AvgIpc) is 2.17. The van der Waals surface area contributed by atoms with Crippen LogP contribution in [0.15, 0.2) is 30.5 Å². The van der Waals surface area contributed by atoms with Crippen molar-refractivity contribution >= 4 is 5.82 Å². The molecule has 2 heteroatoms.